The second-order valence-corrected chi connectivity index (χ2v) is 27.9. The van der Waals surface area contributed by atoms with Gasteiger partial charge in [-0.3, -0.25) is 0 Å². The Hall–Kier alpha value is -12.4. The summed E-state index contributed by atoms with van der Waals surface area (Å²) in [5.74, 6) is 2.27. The van der Waals surface area contributed by atoms with E-state index in [0.717, 1.165) is 53.6 Å². The molecule has 0 saturated carbocycles. The van der Waals surface area contributed by atoms with Gasteiger partial charge in [-0.1, -0.05) is 145 Å². The van der Waals surface area contributed by atoms with E-state index in [1.54, 1.807) is 11.8 Å². The molecule has 8 nitrogen and oxygen atoms in total. The number of aromatic nitrogens is 8. The quantitative estimate of drug-likeness (QED) is 0.101. The van der Waals surface area contributed by atoms with Crippen molar-refractivity contribution in [1.29, 1.82) is 0 Å². The van der Waals surface area contributed by atoms with E-state index < -0.39 is 0 Å². The number of hydrogen-bond donors (Lipinski definition) is 2. The summed E-state index contributed by atoms with van der Waals surface area (Å²) in [6.07, 6.45) is 0. The monoisotopic (exact) mass is 1340 g/mol. The molecule has 0 aliphatic carbocycles. The Morgan fingerprint density at radius 1 is 0.190 bits per heavy atom. The predicted octanol–water partition coefficient (Wildman–Crippen LogP) is 24.0. The van der Waals surface area contributed by atoms with Gasteiger partial charge < -0.3 is 9.97 Å². The molecule has 21 aromatic rings. The second-order valence-electron chi connectivity index (χ2n) is 26.9. The fourth-order valence-corrected chi connectivity index (χ4v) is 17.3. The fourth-order valence-electron chi connectivity index (χ4n) is 16.2. The minimum absolute atomic E-state index is 0. The molecule has 2 N–H and O–H groups in total. The summed E-state index contributed by atoms with van der Waals surface area (Å²) in [5.41, 5.74) is 6.22. The SMILES string of the molecule is [Cu+2].c1ccc2c(c1)-c1nc-2nc2[nH]c(nc3nc(nc4[nH]c(n1)c1ccccc41)-c1ccccc1-3)c1c(Sc3cccc4cc5cc6cc7cc8cc9ccc%10cc%11cc%12cc%13cc%14cc%15cc%16ccccc%16cc%15cc%14cc%13cc%12cc%11cc%10c9cc8cc7cc6cc5cc34)cccc21. The van der Waals surface area contributed by atoms with Crippen molar-refractivity contribution in [1.82, 2.24) is 39.9 Å². The molecule has 2 aliphatic heterocycles. The van der Waals surface area contributed by atoms with Gasteiger partial charge in [0.25, 0.3) is 0 Å². The number of H-pyrrole nitrogens is 2. The minimum Gasteiger partial charge on any atom is -0.324 e. The van der Waals surface area contributed by atoms with E-state index >= 15 is 0 Å². The van der Waals surface area contributed by atoms with Gasteiger partial charge in [0.15, 0.2) is 23.3 Å². The number of benzene rings is 18. The van der Waals surface area contributed by atoms with Crippen LogP contribution in [0, 0.1) is 0 Å². The molecule has 463 valence electrons. The number of nitrogens with zero attached hydrogens (tertiary/aromatic N) is 6. The average Bonchev–Trinajstić information content (AvgIpc) is 0.890. The maximum absolute atomic E-state index is 5.44. The Labute approximate surface area is 583 Å². The molecule has 10 heteroatoms. The third-order valence-corrected chi connectivity index (χ3v) is 22.2. The first-order valence-corrected chi connectivity index (χ1v) is 34.3. The van der Waals surface area contributed by atoms with Crippen LogP contribution in [0.1, 0.15) is 0 Å². The van der Waals surface area contributed by atoms with Gasteiger partial charge in [0.2, 0.25) is 0 Å². The fraction of sp³-hybridized carbons (Fsp3) is 0. The van der Waals surface area contributed by atoms with Crippen molar-refractivity contribution in [3.8, 4) is 45.6 Å². The van der Waals surface area contributed by atoms with Crippen molar-refractivity contribution < 1.29 is 17.1 Å². The van der Waals surface area contributed by atoms with Crippen molar-refractivity contribution in [3.05, 3.63) is 279 Å². The zero-order chi connectivity index (χ0) is 64.3. The van der Waals surface area contributed by atoms with E-state index in [9.17, 15) is 0 Å². The van der Waals surface area contributed by atoms with Crippen molar-refractivity contribution in [2.75, 3.05) is 0 Å². The molecule has 0 atom stereocenters. The van der Waals surface area contributed by atoms with Crippen molar-refractivity contribution in [2.45, 2.75) is 9.79 Å². The molecule has 23 rings (SSSR count). The molecular formula is C90H48CuN8S+2. The number of aromatic amines is 2. The first-order chi connectivity index (χ1) is 48.9. The van der Waals surface area contributed by atoms with E-state index in [1.807, 2.05) is 36.4 Å². The van der Waals surface area contributed by atoms with Crippen LogP contribution < -0.4 is 0 Å². The summed E-state index contributed by atoms with van der Waals surface area (Å²) in [7, 11) is 0. The van der Waals surface area contributed by atoms with Gasteiger partial charge in [-0.05, 0) is 286 Å². The van der Waals surface area contributed by atoms with Crippen LogP contribution in [0.15, 0.2) is 289 Å². The molecule has 100 heavy (non-hydrogen) atoms. The zero-order valence-corrected chi connectivity index (χ0v) is 54.7. The molecule has 18 aromatic carbocycles. The normalized spacial score (nSPS) is 12.4. The smallest absolute Gasteiger partial charge is 0.324 e. The Morgan fingerprint density at radius 3 is 0.870 bits per heavy atom. The summed E-state index contributed by atoms with van der Waals surface area (Å²) in [6, 6.07) is 103. The maximum atomic E-state index is 5.44. The number of rotatable bonds is 2. The van der Waals surface area contributed by atoms with Gasteiger partial charge in [0.05, 0.1) is 0 Å². The largest absolute Gasteiger partial charge is 2.00 e. The molecule has 0 fully saturated rings. The standard InChI is InChI=1S/C90H48N8S.Cu/c1-2-12-48-26-53-31-58-36-63-39-64-41-67-44-77-51(29-56(67)34-61(64)38-62(63)35-57(58)30-52(53)25-47(48)11-1)24-23-50-28-55-33-60-37-59-32-54-27-49-13-9-21-80(79(49)46-69(54)43-66(59)40-65(60)42-68(55)45-78(50)77)99-81-22-10-20-76-82(81)90-97-88-75-19-8-7-18-74(75)86(95-88)93-84-71-15-4-3-14-70(71)83(91-84)92-85-72-16-5-6-17-73(72)87(94-85)96-89(76)98-90;/h1-46H,(H2,91,92,93,94,95,96,97,98);/q;+2. The number of hydrogen-bond acceptors (Lipinski definition) is 7. The molecule has 0 amide bonds. The Bertz CT molecular complexity index is 7540. The summed E-state index contributed by atoms with van der Waals surface area (Å²) in [6.45, 7) is 0. The number of fused-ring (bicyclic) bond motifs is 34. The van der Waals surface area contributed by atoms with Gasteiger partial charge in [0, 0.05) is 53.6 Å². The van der Waals surface area contributed by atoms with Gasteiger partial charge >= 0.3 is 17.1 Å². The first kappa shape index (κ1) is 55.7. The van der Waals surface area contributed by atoms with Gasteiger partial charge in [-0.15, -0.1) is 0 Å². The maximum Gasteiger partial charge on any atom is 2.00 e. The first-order valence-electron chi connectivity index (χ1n) is 33.5. The molecule has 8 bridgehead atoms. The zero-order valence-electron chi connectivity index (χ0n) is 53.0. The molecule has 0 saturated heterocycles. The van der Waals surface area contributed by atoms with Crippen LogP contribution in [-0.4, -0.2) is 39.9 Å². The van der Waals surface area contributed by atoms with Crippen molar-refractivity contribution >= 4 is 196 Å². The molecule has 0 unspecified atom stereocenters. The summed E-state index contributed by atoms with van der Waals surface area (Å²) < 4.78 is 0. The van der Waals surface area contributed by atoms with E-state index in [0.29, 0.717) is 45.9 Å². The van der Waals surface area contributed by atoms with E-state index in [1.165, 1.54) is 140 Å². The van der Waals surface area contributed by atoms with Gasteiger partial charge in [-0.25, -0.2) is 29.9 Å². The second kappa shape index (κ2) is 20.8. The van der Waals surface area contributed by atoms with Gasteiger partial charge in [0.1, 0.15) is 22.6 Å². The average molecular weight is 1340 g/mol. The van der Waals surface area contributed by atoms with E-state index in [4.69, 9.17) is 29.9 Å². The Kier molecular flexibility index (Phi) is 11.6. The van der Waals surface area contributed by atoms with Gasteiger partial charge in [-0.2, -0.15) is 0 Å². The Balaban J connectivity index is 0.00000637. The van der Waals surface area contributed by atoms with Crippen molar-refractivity contribution in [2.24, 2.45) is 0 Å². The summed E-state index contributed by atoms with van der Waals surface area (Å²) >= 11 is 1.74. The van der Waals surface area contributed by atoms with Crippen LogP contribution in [0.25, 0.3) is 230 Å². The third kappa shape index (κ3) is 8.48. The molecule has 5 heterocycles. The molecule has 1 radical (unpaired) electrons. The van der Waals surface area contributed by atoms with Crippen LogP contribution in [-0.2, 0) is 17.1 Å². The number of nitrogens with one attached hydrogen (secondary N) is 2. The Morgan fingerprint density at radius 2 is 0.460 bits per heavy atom. The summed E-state index contributed by atoms with van der Waals surface area (Å²) in [5, 5.41) is 35.9. The molecular weight excluding hydrogens is 1290 g/mol. The third-order valence-electron chi connectivity index (χ3n) is 21.0. The molecule has 2 aliphatic rings. The van der Waals surface area contributed by atoms with Crippen molar-refractivity contribution in [3.63, 3.8) is 0 Å². The predicted molar refractivity (Wildman–Crippen MR) is 414 cm³/mol. The van der Waals surface area contributed by atoms with Crippen LogP contribution in [0.3, 0.4) is 0 Å². The van der Waals surface area contributed by atoms with E-state index in [-0.39, 0.29) is 17.1 Å². The van der Waals surface area contributed by atoms with Crippen LogP contribution in [0.2, 0.25) is 0 Å². The topological polar surface area (TPSA) is 109 Å². The van der Waals surface area contributed by atoms with Crippen LogP contribution in [0.4, 0.5) is 0 Å². The molecule has 0 spiro atoms. The molecule has 3 aromatic heterocycles. The van der Waals surface area contributed by atoms with Crippen LogP contribution in [0.5, 0.6) is 0 Å². The van der Waals surface area contributed by atoms with E-state index in [2.05, 4.69) is 253 Å². The summed E-state index contributed by atoms with van der Waals surface area (Å²) in [4.78, 5) is 41.0. The van der Waals surface area contributed by atoms with Crippen LogP contribution >= 0.6 is 11.8 Å². The minimum atomic E-state index is 0.